The molecule has 1 rings (SSSR count). The standard InChI is InChI=1S/C11H24N2/c1-2-3-4-5-6-7-8-9-10-11-12-13-11/h11-13H,2-10H2,1H3. The molecule has 78 valence electrons. The minimum Gasteiger partial charge on any atom is -0.238 e. The van der Waals surface area contributed by atoms with Gasteiger partial charge >= 0.3 is 0 Å². The highest BCUT2D eigenvalue weighted by molar-refractivity contribution is 4.70. The van der Waals surface area contributed by atoms with Crippen molar-refractivity contribution >= 4 is 0 Å². The fraction of sp³-hybridized carbons (Fsp3) is 1.00. The van der Waals surface area contributed by atoms with Gasteiger partial charge in [0.15, 0.2) is 0 Å². The maximum absolute atomic E-state index is 3.10. The molecular formula is C11H24N2. The first-order valence-electron chi connectivity index (χ1n) is 5.94. The van der Waals surface area contributed by atoms with Gasteiger partial charge in [-0.1, -0.05) is 58.3 Å². The number of nitrogens with one attached hydrogen (secondary N) is 2. The predicted octanol–water partition coefficient (Wildman–Crippen LogP) is 2.95. The number of unbranched alkanes of at least 4 members (excludes halogenated alkanes) is 7. The van der Waals surface area contributed by atoms with E-state index in [1.807, 2.05) is 0 Å². The minimum absolute atomic E-state index is 0.653. The van der Waals surface area contributed by atoms with Crippen molar-refractivity contribution in [3.05, 3.63) is 0 Å². The summed E-state index contributed by atoms with van der Waals surface area (Å²) in [6.07, 6.45) is 13.4. The molecule has 0 spiro atoms. The van der Waals surface area contributed by atoms with E-state index in [0.717, 1.165) is 0 Å². The highest BCUT2D eigenvalue weighted by atomic mass is 15.6. The van der Waals surface area contributed by atoms with E-state index < -0.39 is 0 Å². The van der Waals surface area contributed by atoms with Gasteiger partial charge in [0.2, 0.25) is 0 Å². The molecule has 2 N–H and O–H groups in total. The third kappa shape index (κ3) is 7.03. The fourth-order valence-electron chi connectivity index (χ4n) is 1.69. The number of hydrazine groups is 1. The predicted molar refractivity (Wildman–Crippen MR) is 57.3 cm³/mol. The van der Waals surface area contributed by atoms with Gasteiger partial charge in [-0.2, -0.15) is 0 Å². The van der Waals surface area contributed by atoms with Gasteiger partial charge in [0, 0.05) is 0 Å². The van der Waals surface area contributed by atoms with Crippen molar-refractivity contribution in [3.63, 3.8) is 0 Å². The van der Waals surface area contributed by atoms with Crippen LogP contribution >= 0.6 is 0 Å². The van der Waals surface area contributed by atoms with Crippen molar-refractivity contribution in [3.8, 4) is 0 Å². The summed E-state index contributed by atoms with van der Waals surface area (Å²) in [6, 6.07) is 0. The molecule has 13 heavy (non-hydrogen) atoms. The molecule has 0 saturated carbocycles. The van der Waals surface area contributed by atoms with E-state index in [1.54, 1.807) is 0 Å². The van der Waals surface area contributed by atoms with Crippen molar-refractivity contribution in [2.75, 3.05) is 0 Å². The third-order valence-corrected chi connectivity index (χ3v) is 2.69. The molecule has 0 aliphatic carbocycles. The van der Waals surface area contributed by atoms with E-state index in [9.17, 15) is 0 Å². The zero-order valence-corrected chi connectivity index (χ0v) is 8.94. The lowest BCUT2D eigenvalue weighted by Gasteiger charge is -1.99. The average Bonchev–Trinajstić information content (AvgIpc) is 2.93. The van der Waals surface area contributed by atoms with Crippen LogP contribution in [0.4, 0.5) is 0 Å². The first-order valence-corrected chi connectivity index (χ1v) is 5.94. The van der Waals surface area contributed by atoms with E-state index >= 15 is 0 Å². The molecule has 0 aromatic heterocycles. The summed E-state index contributed by atoms with van der Waals surface area (Å²) in [7, 11) is 0. The maximum Gasteiger partial charge on any atom is 0.0833 e. The van der Waals surface area contributed by atoms with Crippen LogP contribution in [0, 0.1) is 0 Å². The summed E-state index contributed by atoms with van der Waals surface area (Å²) in [5.41, 5.74) is 6.21. The minimum atomic E-state index is 0.653. The summed E-state index contributed by atoms with van der Waals surface area (Å²) in [4.78, 5) is 0. The van der Waals surface area contributed by atoms with Crippen LogP contribution in [0.15, 0.2) is 0 Å². The van der Waals surface area contributed by atoms with E-state index in [-0.39, 0.29) is 0 Å². The normalized spacial score (nSPS) is 16.4. The average molecular weight is 184 g/mol. The quantitative estimate of drug-likeness (QED) is 0.427. The molecular weight excluding hydrogens is 160 g/mol. The maximum atomic E-state index is 3.10. The van der Waals surface area contributed by atoms with E-state index in [0.29, 0.717) is 6.17 Å². The number of rotatable bonds is 9. The lowest BCUT2D eigenvalue weighted by Crippen LogP contribution is -1.91. The molecule has 0 bridgehead atoms. The van der Waals surface area contributed by atoms with Crippen LogP contribution in [0.5, 0.6) is 0 Å². The molecule has 0 unspecified atom stereocenters. The van der Waals surface area contributed by atoms with E-state index in [1.165, 1.54) is 57.8 Å². The van der Waals surface area contributed by atoms with Crippen molar-refractivity contribution in [1.29, 1.82) is 0 Å². The van der Waals surface area contributed by atoms with Gasteiger partial charge in [0.1, 0.15) is 0 Å². The zero-order valence-electron chi connectivity index (χ0n) is 8.94. The Kier molecular flexibility index (Phi) is 6.21. The first kappa shape index (κ1) is 11.0. The van der Waals surface area contributed by atoms with Gasteiger partial charge in [-0.05, 0) is 6.42 Å². The molecule has 1 aliphatic rings. The highest BCUT2D eigenvalue weighted by Gasteiger charge is 2.16. The van der Waals surface area contributed by atoms with Gasteiger partial charge < -0.3 is 0 Å². The molecule has 0 radical (unpaired) electrons. The lowest BCUT2D eigenvalue weighted by atomic mass is 10.1. The Bertz CT molecular complexity index is 111. The second-order valence-corrected chi connectivity index (χ2v) is 4.10. The zero-order chi connectivity index (χ0) is 9.36. The van der Waals surface area contributed by atoms with Crippen molar-refractivity contribution in [2.45, 2.75) is 70.9 Å². The van der Waals surface area contributed by atoms with Crippen LogP contribution in [0.25, 0.3) is 0 Å². The molecule has 1 heterocycles. The van der Waals surface area contributed by atoms with Crippen molar-refractivity contribution in [2.24, 2.45) is 0 Å². The van der Waals surface area contributed by atoms with Gasteiger partial charge in [-0.25, -0.2) is 10.9 Å². The molecule has 1 saturated heterocycles. The van der Waals surface area contributed by atoms with Crippen LogP contribution in [0.3, 0.4) is 0 Å². The summed E-state index contributed by atoms with van der Waals surface area (Å²) in [5, 5.41) is 0. The third-order valence-electron chi connectivity index (χ3n) is 2.69. The largest absolute Gasteiger partial charge is 0.238 e. The van der Waals surface area contributed by atoms with Crippen molar-refractivity contribution in [1.82, 2.24) is 10.9 Å². The molecule has 0 aromatic carbocycles. The van der Waals surface area contributed by atoms with Crippen LogP contribution in [-0.2, 0) is 0 Å². The van der Waals surface area contributed by atoms with Crippen LogP contribution in [0.1, 0.15) is 64.7 Å². The Balaban J connectivity index is 1.63. The summed E-state index contributed by atoms with van der Waals surface area (Å²) >= 11 is 0. The van der Waals surface area contributed by atoms with Gasteiger partial charge in [-0.3, -0.25) is 0 Å². The monoisotopic (exact) mass is 184 g/mol. The lowest BCUT2D eigenvalue weighted by molar-refractivity contribution is 0.561. The summed E-state index contributed by atoms with van der Waals surface area (Å²) < 4.78 is 0. The summed E-state index contributed by atoms with van der Waals surface area (Å²) in [6.45, 7) is 2.27. The Morgan fingerprint density at radius 3 is 1.85 bits per heavy atom. The molecule has 1 aliphatic heterocycles. The Morgan fingerprint density at radius 1 is 0.769 bits per heavy atom. The Hall–Kier alpha value is -0.0800. The first-order chi connectivity index (χ1) is 6.43. The number of hydrogen-bond acceptors (Lipinski definition) is 2. The fourth-order valence-corrected chi connectivity index (χ4v) is 1.69. The van der Waals surface area contributed by atoms with Crippen LogP contribution in [-0.4, -0.2) is 6.17 Å². The van der Waals surface area contributed by atoms with Crippen molar-refractivity contribution < 1.29 is 0 Å². The molecule has 0 aromatic rings. The van der Waals surface area contributed by atoms with Crippen LogP contribution < -0.4 is 10.9 Å². The molecule has 0 amide bonds. The molecule has 2 nitrogen and oxygen atoms in total. The second-order valence-electron chi connectivity index (χ2n) is 4.10. The smallest absolute Gasteiger partial charge is 0.0833 e. The van der Waals surface area contributed by atoms with E-state index in [2.05, 4.69) is 17.8 Å². The second kappa shape index (κ2) is 7.34. The topological polar surface area (TPSA) is 43.9 Å². The molecule has 2 heteroatoms. The highest BCUT2D eigenvalue weighted by Crippen LogP contribution is 2.11. The van der Waals surface area contributed by atoms with Gasteiger partial charge in [0.25, 0.3) is 0 Å². The van der Waals surface area contributed by atoms with E-state index in [4.69, 9.17) is 0 Å². The number of hydrogen-bond donors (Lipinski definition) is 2. The van der Waals surface area contributed by atoms with Gasteiger partial charge in [-0.15, -0.1) is 0 Å². The SMILES string of the molecule is CCCCCCCCCCC1NN1. The Morgan fingerprint density at radius 2 is 1.31 bits per heavy atom. The van der Waals surface area contributed by atoms with Crippen LogP contribution in [0.2, 0.25) is 0 Å². The summed E-state index contributed by atoms with van der Waals surface area (Å²) in [5.74, 6) is 0. The molecule has 0 atom stereocenters. The van der Waals surface area contributed by atoms with Gasteiger partial charge in [0.05, 0.1) is 6.17 Å². The Labute approximate surface area is 82.5 Å². The molecule has 1 fully saturated rings.